The molecule has 0 spiro atoms. The van der Waals surface area contributed by atoms with Gasteiger partial charge in [0.25, 0.3) is 23.6 Å². The predicted octanol–water partition coefficient (Wildman–Crippen LogP) is 10.1. The lowest BCUT2D eigenvalue weighted by Gasteiger charge is -2.38. The van der Waals surface area contributed by atoms with Gasteiger partial charge in [-0.1, -0.05) is 62.4 Å². The van der Waals surface area contributed by atoms with Gasteiger partial charge in [-0.2, -0.15) is 0 Å². The second-order valence-corrected chi connectivity index (χ2v) is 24.7. The Labute approximate surface area is 471 Å². The number of anilines is 3. The second kappa shape index (κ2) is 22.6. The molecule has 5 aliphatic heterocycles. The first-order valence-electron chi connectivity index (χ1n) is 27.2. The van der Waals surface area contributed by atoms with Crippen LogP contribution in [0.1, 0.15) is 116 Å². The van der Waals surface area contributed by atoms with Gasteiger partial charge in [0.05, 0.1) is 60.2 Å². The molecule has 10 rings (SSSR count). The molecule has 0 aromatic heterocycles. The molecule has 0 unspecified atom stereocenters. The lowest BCUT2D eigenvalue weighted by molar-refractivity contribution is -0.195. The van der Waals surface area contributed by atoms with Crippen molar-refractivity contribution in [1.82, 2.24) is 9.96 Å². The summed E-state index contributed by atoms with van der Waals surface area (Å²) in [7, 11) is 5.23. The van der Waals surface area contributed by atoms with Crippen LogP contribution < -0.4 is 34.1 Å². The number of hydrogen-bond acceptors (Lipinski definition) is 15. The van der Waals surface area contributed by atoms with Crippen LogP contribution in [0, 0.1) is 0 Å². The Morgan fingerprint density at radius 1 is 0.725 bits per heavy atom. The van der Waals surface area contributed by atoms with Crippen molar-refractivity contribution >= 4 is 70.3 Å². The zero-order valence-corrected chi connectivity index (χ0v) is 47.8. The highest BCUT2D eigenvalue weighted by atomic mass is 32.2. The van der Waals surface area contributed by atoms with E-state index in [0.717, 1.165) is 45.6 Å². The monoisotopic (exact) mass is 1110 g/mol. The van der Waals surface area contributed by atoms with Crippen LogP contribution in [0.25, 0.3) is 0 Å². The second-order valence-electron chi connectivity index (χ2n) is 23.0. The number of rotatable bonds is 21. The predicted molar refractivity (Wildman–Crippen MR) is 308 cm³/mol. The Bertz CT molecular complexity index is 3270. The summed E-state index contributed by atoms with van der Waals surface area (Å²) in [5, 5.41) is 4.12. The highest BCUT2D eigenvalue weighted by Gasteiger charge is 2.40. The minimum Gasteiger partial charge on any atom is -0.493 e. The van der Waals surface area contributed by atoms with E-state index in [1.807, 2.05) is 92.2 Å². The van der Waals surface area contributed by atoms with Gasteiger partial charge in [-0.15, -0.1) is 16.8 Å². The molecule has 18 heteroatoms. The van der Waals surface area contributed by atoms with Crippen LogP contribution in [0.5, 0.6) is 23.0 Å². The Morgan fingerprint density at radius 2 is 1.31 bits per heavy atom. The smallest absolute Gasteiger partial charge is 0.343 e. The number of aliphatic imine (C=N–C) groups is 1. The first-order chi connectivity index (χ1) is 38.2. The highest BCUT2D eigenvalue weighted by Crippen LogP contribution is 2.44. The Morgan fingerprint density at radius 3 is 1.98 bits per heavy atom. The molecule has 2 atom stereocenters. The summed E-state index contributed by atoms with van der Waals surface area (Å²) in [4.78, 5) is 80.8. The Balaban J connectivity index is 0.846. The summed E-state index contributed by atoms with van der Waals surface area (Å²) in [5.74, 6) is -0.123. The molecule has 0 radical (unpaired) electrons. The fourth-order valence-corrected chi connectivity index (χ4v) is 12.5. The van der Waals surface area contributed by atoms with Crippen LogP contribution in [0.3, 0.4) is 0 Å². The zero-order chi connectivity index (χ0) is 56.7. The molecule has 0 saturated carbocycles. The number of ether oxygens (including phenoxy) is 5. The molecule has 17 nitrogen and oxygen atoms in total. The fourth-order valence-electron chi connectivity index (χ4n) is 11.4. The van der Waals surface area contributed by atoms with Gasteiger partial charge in [0.1, 0.15) is 13.2 Å². The van der Waals surface area contributed by atoms with Gasteiger partial charge in [0.2, 0.25) is 0 Å². The maximum absolute atomic E-state index is 14.2. The van der Waals surface area contributed by atoms with Crippen LogP contribution in [0.2, 0.25) is 0 Å². The molecular formula is C62H70N6O11S. The first kappa shape index (κ1) is 55.9. The number of imide groups is 1. The van der Waals surface area contributed by atoms with Gasteiger partial charge in [-0.25, -0.2) is 4.79 Å². The number of amides is 4. The van der Waals surface area contributed by atoms with E-state index in [9.17, 15) is 24.0 Å². The molecule has 80 heavy (non-hydrogen) atoms. The average molecular weight is 1110 g/mol. The number of fused-ring (bicyclic) bond motifs is 8. The molecule has 5 aliphatic rings. The third kappa shape index (κ3) is 11.9. The minimum absolute atomic E-state index is 0.0224. The minimum atomic E-state index is -0.645. The van der Waals surface area contributed by atoms with Gasteiger partial charge < -0.3 is 38.7 Å². The van der Waals surface area contributed by atoms with E-state index in [-0.39, 0.29) is 61.2 Å². The Kier molecular flexibility index (Phi) is 15.8. The Hall–Kier alpha value is -7.41. The summed E-state index contributed by atoms with van der Waals surface area (Å²) in [6, 6.07) is 29.2. The number of nitrogens with one attached hydrogen (secondary N) is 1. The average Bonchev–Trinajstić information content (AvgIpc) is 4.07. The number of carbonyl (C=O) groups is 5. The lowest BCUT2D eigenvalue weighted by Crippen LogP contribution is -2.42. The third-order valence-electron chi connectivity index (χ3n) is 15.7. The number of hydroxylamine groups is 2. The molecule has 5 heterocycles. The summed E-state index contributed by atoms with van der Waals surface area (Å²) < 4.78 is 31.1. The molecule has 5 aromatic rings. The number of benzene rings is 5. The third-order valence-corrected chi connectivity index (χ3v) is 17.0. The van der Waals surface area contributed by atoms with E-state index in [1.54, 1.807) is 32.4 Å². The van der Waals surface area contributed by atoms with Gasteiger partial charge in [-0.3, -0.25) is 34.0 Å². The molecule has 1 fully saturated rings. The van der Waals surface area contributed by atoms with Crippen molar-refractivity contribution in [2.24, 2.45) is 4.99 Å². The van der Waals surface area contributed by atoms with Crippen molar-refractivity contribution in [3.05, 3.63) is 130 Å². The van der Waals surface area contributed by atoms with Crippen molar-refractivity contribution in [2.45, 2.75) is 128 Å². The van der Waals surface area contributed by atoms with Gasteiger partial charge in [-0.05, 0) is 112 Å². The van der Waals surface area contributed by atoms with Crippen molar-refractivity contribution < 1.29 is 52.5 Å². The summed E-state index contributed by atoms with van der Waals surface area (Å²) in [5.41, 5.74) is 8.11. The SMILES string of the molecule is COc1cc2c(cc1OCc1cc(COc3cc4c(cc3OC)C(=O)N3c5ccccc5C[C@H]3CN4)cc(CN(C)C(C)(C)CCOC(C)(C)CC(C)(C)SCC(=O)ON3C(=O)CCC3=O)c1)N=C[C@@H]1Cc3ccccc3N1C2=O. The zero-order valence-electron chi connectivity index (χ0n) is 47.0. The molecule has 420 valence electrons. The van der Waals surface area contributed by atoms with Crippen LogP contribution in [0.15, 0.2) is 96.0 Å². The van der Waals surface area contributed by atoms with E-state index >= 15 is 0 Å². The summed E-state index contributed by atoms with van der Waals surface area (Å²) >= 11 is 1.39. The summed E-state index contributed by atoms with van der Waals surface area (Å²) in [6.07, 6.45) is 4.70. The van der Waals surface area contributed by atoms with Crippen molar-refractivity contribution in [2.75, 3.05) is 55.3 Å². The van der Waals surface area contributed by atoms with Gasteiger partial charge in [0.15, 0.2) is 23.0 Å². The van der Waals surface area contributed by atoms with Crippen molar-refractivity contribution in [1.29, 1.82) is 0 Å². The molecule has 0 aliphatic carbocycles. The van der Waals surface area contributed by atoms with Crippen LogP contribution in [-0.2, 0) is 56.6 Å². The van der Waals surface area contributed by atoms with Crippen molar-refractivity contribution in [3.8, 4) is 23.0 Å². The van der Waals surface area contributed by atoms with E-state index in [2.05, 4.69) is 55.4 Å². The molecule has 1 saturated heterocycles. The number of nitrogens with zero attached hydrogens (tertiary/aromatic N) is 5. The maximum atomic E-state index is 14.2. The number of para-hydroxylation sites is 2. The van der Waals surface area contributed by atoms with Gasteiger partial charge >= 0.3 is 5.97 Å². The molecule has 4 amide bonds. The lowest BCUT2D eigenvalue weighted by atomic mass is 9.94. The molecule has 5 aromatic carbocycles. The normalized spacial score (nSPS) is 17.5. The molecule has 0 bridgehead atoms. The van der Waals surface area contributed by atoms with E-state index < -0.39 is 28.1 Å². The van der Waals surface area contributed by atoms with Crippen LogP contribution in [0.4, 0.5) is 22.7 Å². The van der Waals surface area contributed by atoms with Gasteiger partial charge in [0, 0.05) is 79.0 Å². The number of hydrogen-bond donors (Lipinski definition) is 1. The molecular weight excluding hydrogens is 1040 g/mol. The highest BCUT2D eigenvalue weighted by molar-refractivity contribution is 8.01. The number of methoxy groups -OCH3 is 2. The maximum Gasteiger partial charge on any atom is 0.343 e. The standard InChI is InChI=1S/C62H70N6O11S/c1-60(2,20-21-78-61(3,4)37-62(5,6)80-36-57(71)79-68-55(69)18-19-56(68)70)65(7)33-38-22-39(34-76-53-29-47-45(27-51(53)74-8)58(72)66-43(31-63-47)25-41-14-10-12-16-49(41)66)24-40(23-38)35-77-54-30-48-46(28-52(54)75-9)59(73)67-44(32-64-48)26-42-15-11-13-17-50(42)67/h10-17,22-24,27-31,43-44,64H,18-21,25-26,32-37H2,1-9H3/t43-,44-/m0/s1. The van der Waals surface area contributed by atoms with E-state index in [4.69, 9.17) is 33.5 Å². The first-order valence-corrected chi connectivity index (χ1v) is 28.2. The van der Waals surface area contributed by atoms with E-state index in [1.165, 1.54) is 11.8 Å². The van der Waals surface area contributed by atoms with Crippen LogP contribution >= 0.6 is 11.8 Å². The summed E-state index contributed by atoms with van der Waals surface area (Å²) in [6.45, 7) is 14.5. The quantitative estimate of drug-likeness (QED) is 0.0687. The molecule has 1 N–H and O–H groups in total. The number of carbonyl (C=O) groups excluding carboxylic acids is 5. The van der Waals surface area contributed by atoms with Crippen molar-refractivity contribution in [3.63, 3.8) is 0 Å². The van der Waals surface area contributed by atoms with Crippen LogP contribution in [-0.4, -0.2) is 114 Å². The fraction of sp³-hybridized carbons (Fsp3) is 0.419. The van der Waals surface area contributed by atoms with E-state index in [0.29, 0.717) is 89.5 Å². The topological polar surface area (TPSA) is 178 Å². The number of thioether (sulfide) groups is 1. The largest absolute Gasteiger partial charge is 0.493 e.